The van der Waals surface area contributed by atoms with Crippen molar-refractivity contribution in [3.8, 4) is 11.5 Å². The number of benzene rings is 2. The lowest BCUT2D eigenvalue weighted by atomic mass is 9.93. The Morgan fingerprint density at radius 2 is 1.79 bits per heavy atom. The highest BCUT2D eigenvalue weighted by Gasteiger charge is 2.29. The van der Waals surface area contributed by atoms with Gasteiger partial charge in [-0.3, -0.25) is 4.90 Å². The van der Waals surface area contributed by atoms with Gasteiger partial charge in [0.1, 0.15) is 23.1 Å². The van der Waals surface area contributed by atoms with Crippen molar-refractivity contribution < 1.29 is 9.13 Å². The Hall–Kier alpha value is -2.66. The molecule has 2 aromatic rings. The van der Waals surface area contributed by atoms with E-state index in [1.54, 1.807) is 12.1 Å². The lowest BCUT2D eigenvalue weighted by Gasteiger charge is -2.39. The predicted molar refractivity (Wildman–Crippen MR) is 111 cm³/mol. The van der Waals surface area contributed by atoms with E-state index in [9.17, 15) is 4.39 Å². The SMILES string of the molecule is C=CC(C)(C)CN1CCN(C2=Nc3ccccc3Oc3cccc(F)c32)CC1. The standard InChI is InChI=1S/C23H26FN3O/c1-4-23(2,3)16-26-12-14-27(15-13-26)22-21-17(24)8-7-11-20(21)28-19-10-6-5-9-18(19)25-22/h4-11H,1,12-16H2,2-3H3. The summed E-state index contributed by atoms with van der Waals surface area (Å²) in [7, 11) is 0. The number of hydrogen-bond donors (Lipinski definition) is 0. The van der Waals surface area contributed by atoms with Gasteiger partial charge in [0, 0.05) is 32.7 Å². The molecule has 0 atom stereocenters. The van der Waals surface area contributed by atoms with Crippen LogP contribution in [-0.4, -0.2) is 48.4 Å². The monoisotopic (exact) mass is 379 g/mol. The molecule has 0 aliphatic carbocycles. The van der Waals surface area contributed by atoms with Crippen molar-refractivity contribution in [3.05, 3.63) is 66.5 Å². The van der Waals surface area contributed by atoms with Crippen LogP contribution in [0, 0.1) is 11.2 Å². The first-order valence-corrected chi connectivity index (χ1v) is 9.72. The number of nitrogens with zero attached hydrogens (tertiary/aromatic N) is 3. The molecule has 2 aliphatic rings. The van der Waals surface area contributed by atoms with Gasteiger partial charge in [-0.2, -0.15) is 0 Å². The minimum atomic E-state index is -0.306. The molecule has 0 saturated carbocycles. The van der Waals surface area contributed by atoms with Crippen molar-refractivity contribution in [1.29, 1.82) is 0 Å². The number of aliphatic imine (C=N–C) groups is 1. The van der Waals surface area contributed by atoms with E-state index in [0.717, 1.165) is 38.4 Å². The third-order valence-electron chi connectivity index (χ3n) is 5.37. The average Bonchev–Trinajstić information content (AvgIpc) is 2.86. The highest BCUT2D eigenvalue weighted by molar-refractivity contribution is 6.04. The number of halogens is 1. The van der Waals surface area contributed by atoms with Crippen molar-refractivity contribution in [2.75, 3.05) is 32.7 Å². The quantitative estimate of drug-likeness (QED) is 0.715. The fraction of sp³-hybridized carbons (Fsp3) is 0.348. The zero-order valence-corrected chi connectivity index (χ0v) is 16.5. The molecule has 0 N–H and O–H groups in total. The summed E-state index contributed by atoms with van der Waals surface area (Å²) >= 11 is 0. The largest absolute Gasteiger partial charge is 0.454 e. The third-order valence-corrected chi connectivity index (χ3v) is 5.37. The van der Waals surface area contributed by atoms with Crippen LogP contribution in [0.2, 0.25) is 0 Å². The topological polar surface area (TPSA) is 28.1 Å². The van der Waals surface area contributed by atoms with E-state index in [1.807, 2.05) is 30.3 Å². The molecule has 4 nitrogen and oxygen atoms in total. The van der Waals surface area contributed by atoms with E-state index in [0.29, 0.717) is 22.9 Å². The van der Waals surface area contributed by atoms with Gasteiger partial charge in [-0.15, -0.1) is 6.58 Å². The minimum absolute atomic E-state index is 0.0769. The summed E-state index contributed by atoms with van der Waals surface area (Å²) in [6.07, 6.45) is 2.01. The number of hydrogen-bond acceptors (Lipinski definition) is 4. The van der Waals surface area contributed by atoms with Crippen LogP contribution < -0.4 is 4.74 Å². The highest BCUT2D eigenvalue weighted by Crippen LogP contribution is 2.38. The molecule has 4 rings (SSSR count). The molecule has 0 aromatic heterocycles. The van der Waals surface area contributed by atoms with Crippen LogP contribution in [-0.2, 0) is 0 Å². The van der Waals surface area contributed by atoms with E-state index < -0.39 is 0 Å². The molecule has 1 saturated heterocycles. The Morgan fingerprint density at radius 3 is 2.54 bits per heavy atom. The van der Waals surface area contributed by atoms with Crippen LogP contribution >= 0.6 is 0 Å². The van der Waals surface area contributed by atoms with E-state index >= 15 is 0 Å². The lowest BCUT2D eigenvalue weighted by Crippen LogP contribution is -2.50. The zero-order valence-electron chi connectivity index (χ0n) is 16.5. The second-order valence-electron chi connectivity index (χ2n) is 8.07. The summed E-state index contributed by atoms with van der Waals surface area (Å²) in [5, 5.41) is 0. The predicted octanol–water partition coefficient (Wildman–Crippen LogP) is 4.84. The molecule has 2 heterocycles. The van der Waals surface area contributed by atoms with Gasteiger partial charge in [-0.05, 0) is 29.7 Å². The Labute approximate surface area is 165 Å². The molecular formula is C23H26FN3O. The van der Waals surface area contributed by atoms with Gasteiger partial charge in [0.2, 0.25) is 0 Å². The van der Waals surface area contributed by atoms with Gasteiger partial charge in [-0.25, -0.2) is 9.38 Å². The van der Waals surface area contributed by atoms with Gasteiger partial charge in [0.05, 0.1) is 5.56 Å². The normalized spacial score (nSPS) is 17.1. The maximum atomic E-state index is 14.8. The first kappa shape index (κ1) is 18.7. The maximum Gasteiger partial charge on any atom is 0.153 e. The summed E-state index contributed by atoms with van der Waals surface area (Å²) in [4.78, 5) is 9.43. The fourth-order valence-corrected chi connectivity index (χ4v) is 3.72. The first-order valence-electron chi connectivity index (χ1n) is 9.72. The highest BCUT2D eigenvalue weighted by atomic mass is 19.1. The summed E-state index contributed by atoms with van der Waals surface area (Å²) in [6, 6.07) is 12.5. The molecule has 0 bridgehead atoms. The Kier molecular flexibility index (Phi) is 4.94. The summed E-state index contributed by atoms with van der Waals surface area (Å²) in [5.74, 6) is 1.51. The van der Waals surface area contributed by atoms with E-state index in [-0.39, 0.29) is 11.2 Å². The van der Waals surface area contributed by atoms with E-state index in [4.69, 9.17) is 9.73 Å². The molecule has 28 heavy (non-hydrogen) atoms. The second kappa shape index (κ2) is 7.40. The third kappa shape index (κ3) is 3.67. The van der Waals surface area contributed by atoms with E-state index in [1.165, 1.54) is 6.07 Å². The molecule has 0 spiro atoms. The Balaban J connectivity index is 1.64. The molecule has 2 aromatic carbocycles. The van der Waals surface area contributed by atoms with Gasteiger partial charge < -0.3 is 9.64 Å². The first-order chi connectivity index (χ1) is 13.5. The molecule has 0 radical (unpaired) electrons. The fourth-order valence-electron chi connectivity index (χ4n) is 3.72. The molecule has 5 heteroatoms. The number of amidine groups is 1. The second-order valence-corrected chi connectivity index (χ2v) is 8.07. The van der Waals surface area contributed by atoms with Gasteiger partial charge in [0.25, 0.3) is 0 Å². The number of ether oxygens (including phenoxy) is 1. The van der Waals surface area contributed by atoms with Crippen molar-refractivity contribution in [2.45, 2.75) is 13.8 Å². The smallest absolute Gasteiger partial charge is 0.153 e. The van der Waals surface area contributed by atoms with Crippen LogP contribution in [0.25, 0.3) is 0 Å². The minimum Gasteiger partial charge on any atom is -0.454 e. The van der Waals surface area contributed by atoms with Crippen LogP contribution in [0.3, 0.4) is 0 Å². The Morgan fingerprint density at radius 1 is 1.07 bits per heavy atom. The average molecular weight is 379 g/mol. The Bertz CT molecular complexity index is 914. The van der Waals surface area contributed by atoms with Gasteiger partial charge in [0.15, 0.2) is 5.75 Å². The lowest BCUT2D eigenvalue weighted by molar-refractivity contribution is 0.147. The number of para-hydroxylation sites is 2. The number of piperazine rings is 1. The molecule has 146 valence electrons. The van der Waals surface area contributed by atoms with Crippen molar-refractivity contribution >= 4 is 11.5 Å². The zero-order chi connectivity index (χ0) is 19.7. The number of rotatable bonds is 3. The van der Waals surface area contributed by atoms with Crippen LogP contribution in [0.15, 0.2) is 60.1 Å². The van der Waals surface area contributed by atoms with Gasteiger partial charge in [-0.1, -0.05) is 38.1 Å². The molecular weight excluding hydrogens is 353 g/mol. The van der Waals surface area contributed by atoms with Crippen molar-refractivity contribution in [3.63, 3.8) is 0 Å². The maximum absolute atomic E-state index is 14.8. The summed E-state index contributed by atoms with van der Waals surface area (Å²) in [5.41, 5.74) is 1.25. The number of fused-ring (bicyclic) bond motifs is 2. The van der Waals surface area contributed by atoms with Crippen LogP contribution in [0.1, 0.15) is 19.4 Å². The van der Waals surface area contributed by atoms with Crippen LogP contribution in [0.5, 0.6) is 11.5 Å². The molecule has 2 aliphatic heterocycles. The molecule has 0 amide bonds. The van der Waals surface area contributed by atoms with Crippen LogP contribution in [0.4, 0.5) is 10.1 Å². The summed E-state index contributed by atoms with van der Waals surface area (Å²) in [6.45, 7) is 12.7. The summed E-state index contributed by atoms with van der Waals surface area (Å²) < 4.78 is 20.8. The van der Waals surface area contributed by atoms with Gasteiger partial charge >= 0.3 is 0 Å². The molecule has 1 fully saturated rings. The van der Waals surface area contributed by atoms with Crippen molar-refractivity contribution in [1.82, 2.24) is 9.80 Å². The van der Waals surface area contributed by atoms with E-state index in [2.05, 4.69) is 30.2 Å². The molecule has 0 unspecified atom stereocenters. The van der Waals surface area contributed by atoms with Crippen molar-refractivity contribution in [2.24, 2.45) is 10.4 Å².